The van der Waals surface area contributed by atoms with Gasteiger partial charge in [0, 0.05) is 30.1 Å². The Bertz CT molecular complexity index is 828. The van der Waals surface area contributed by atoms with Gasteiger partial charge < -0.3 is 14.5 Å². The monoisotopic (exact) mass is 420 g/mol. The summed E-state index contributed by atoms with van der Waals surface area (Å²) in [6.07, 6.45) is 4.28. The van der Waals surface area contributed by atoms with Crippen molar-refractivity contribution < 1.29 is 18.3 Å². The Morgan fingerprint density at radius 2 is 1.76 bits per heavy atom. The maximum atomic E-state index is 13.3. The largest absolute Gasteiger partial charge is 0.435 e. The number of benzene rings is 1. The Hall–Kier alpha value is -1.99. The second kappa shape index (κ2) is 8.79. The highest BCUT2D eigenvalue weighted by Gasteiger charge is 2.39. The van der Waals surface area contributed by atoms with E-state index < -0.39 is 6.61 Å². The molecular weight excluding hydrogens is 394 g/mol. The molecular formula is C22H26F2N2O2S. The first-order valence-electron chi connectivity index (χ1n) is 10.2. The summed E-state index contributed by atoms with van der Waals surface area (Å²) in [7, 11) is 0. The summed E-state index contributed by atoms with van der Waals surface area (Å²) in [6.45, 7) is 2.54. The molecule has 156 valence electrons. The molecule has 4 rings (SSSR count). The highest BCUT2D eigenvalue weighted by atomic mass is 32.1. The summed E-state index contributed by atoms with van der Waals surface area (Å²) in [6, 6.07) is 11.1. The lowest BCUT2D eigenvalue weighted by Gasteiger charge is -2.38. The lowest BCUT2D eigenvalue weighted by atomic mass is 10.0. The lowest BCUT2D eigenvalue weighted by Crippen LogP contribution is -2.48. The molecule has 1 aromatic carbocycles. The van der Waals surface area contributed by atoms with Crippen molar-refractivity contribution >= 4 is 17.2 Å². The number of amides is 1. The van der Waals surface area contributed by atoms with Crippen molar-refractivity contribution in [3.05, 3.63) is 41.3 Å². The van der Waals surface area contributed by atoms with Crippen molar-refractivity contribution in [1.82, 2.24) is 9.80 Å². The number of alkyl halides is 2. The van der Waals surface area contributed by atoms with Gasteiger partial charge in [0.15, 0.2) is 0 Å². The molecule has 2 heterocycles. The SMILES string of the molecule is CCN1CCC(N(C(=O)c2ccc(-c3ccc(OC(F)F)cc3)s2)C2CC2)CC1. The molecule has 0 atom stereocenters. The molecule has 0 unspecified atom stereocenters. The smallest absolute Gasteiger partial charge is 0.387 e. The first-order chi connectivity index (χ1) is 14.0. The summed E-state index contributed by atoms with van der Waals surface area (Å²) >= 11 is 1.47. The number of thiophene rings is 1. The van der Waals surface area contributed by atoms with Crippen LogP contribution in [0.2, 0.25) is 0 Å². The van der Waals surface area contributed by atoms with E-state index in [9.17, 15) is 13.6 Å². The fraction of sp³-hybridized carbons (Fsp3) is 0.500. The Labute approximate surface area is 174 Å². The summed E-state index contributed by atoms with van der Waals surface area (Å²) in [5.74, 6) is 0.270. The molecule has 29 heavy (non-hydrogen) atoms. The van der Waals surface area contributed by atoms with E-state index in [4.69, 9.17) is 0 Å². The number of carbonyl (C=O) groups excluding carboxylic acids is 1. The number of hydrogen-bond acceptors (Lipinski definition) is 4. The molecule has 4 nitrogen and oxygen atoms in total. The van der Waals surface area contributed by atoms with Crippen molar-refractivity contribution in [2.45, 2.75) is 51.3 Å². The average molecular weight is 421 g/mol. The maximum Gasteiger partial charge on any atom is 0.387 e. The first kappa shape index (κ1) is 20.3. The molecule has 1 amide bonds. The fourth-order valence-electron chi connectivity index (χ4n) is 4.03. The molecule has 2 aliphatic rings. The zero-order chi connectivity index (χ0) is 20.4. The molecule has 1 aliphatic carbocycles. The van der Waals surface area contributed by atoms with Gasteiger partial charge in [-0.15, -0.1) is 11.3 Å². The summed E-state index contributed by atoms with van der Waals surface area (Å²) in [5, 5.41) is 0. The van der Waals surface area contributed by atoms with E-state index in [1.807, 2.05) is 12.1 Å². The van der Waals surface area contributed by atoms with Gasteiger partial charge in [0.25, 0.3) is 5.91 Å². The number of piperidine rings is 1. The minimum atomic E-state index is -2.83. The summed E-state index contributed by atoms with van der Waals surface area (Å²) < 4.78 is 29.0. The van der Waals surface area contributed by atoms with Gasteiger partial charge in [-0.2, -0.15) is 8.78 Å². The summed E-state index contributed by atoms with van der Waals surface area (Å²) in [5.41, 5.74) is 0.893. The summed E-state index contributed by atoms with van der Waals surface area (Å²) in [4.78, 5) is 19.6. The Balaban J connectivity index is 1.47. The van der Waals surface area contributed by atoms with Crippen LogP contribution in [0.3, 0.4) is 0 Å². The van der Waals surface area contributed by atoms with Gasteiger partial charge >= 0.3 is 6.61 Å². The third kappa shape index (κ3) is 4.78. The van der Waals surface area contributed by atoms with Crippen molar-refractivity contribution in [3.63, 3.8) is 0 Å². The topological polar surface area (TPSA) is 32.8 Å². The fourth-order valence-corrected chi connectivity index (χ4v) is 4.99. The van der Waals surface area contributed by atoms with Crippen LogP contribution in [0.25, 0.3) is 10.4 Å². The minimum absolute atomic E-state index is 0.134. The van der Waals surface area contributed by atoms with Crippen LogP contribution >= 0.6 is 11.3 Å². The minimum Gasteiger partial charge on any atom is -0.435 e. The van der Waals surface area contributed by atoms with Crippen LogP contribution in [0, 0.1) is 0 Å². The van der Waals surface area contributed by atoms with Gasteiger partial charge in [-0.25, -0.2) is 0 Å². The molecule has 2 aromatic rings. The molecule has 1 aromatic heterocycles. The number of likely N-dealkylation sites (tertiary alicyclic amines) is 1. The second-order valence-electron chi connectivity index (χ2n) is 7.68. The number of nitrogens with zero attached hydrogens (tertiary/aromatic N) is 2. The average Bonchev–Trinajstić information content (AvgIpc) is 3.43. The molecule has 1 saturated carbocycles. The van der Waals surface area contributed by atoms with Crippen LogP contribution < -0.4 is 4.74 Å². The van der Waals surface area contributed by atoms with Gasteiger partial charge in [-0.05, 0) is 74.2 Å². The van der Waals surface area contributed by atoms with Crippen molar-refractivity contribution in [3.8, 4) is 16.2 Å². The highest BCUT2D eigenvalue weighted by molar-refractivity contribution is 7.17. The van der Waals surface area contributed by atoms with Crippen LogP contribution in [0.5, 0.6) is 5.75 Å². The molecule has 7 heteroatoms. The molecule has 2 fully saturated rings. The van der Waals surface area contributed by atoms with Gasteiger partial charge in [0.1, 0.15) is 5.75 Å². The molecule has 0 N–H and O–H groups in total. The third-order valence-electron chi connectivity index (χ3n) is 5.75. The number of carbonyl (C=O) groups is 1. The zero-order valence-electron chi connectivity index (χ0n) is 16.5. The lowest BCUT2D eigenvalue weighted by molar-refractivity contribution is -0.0498. The predicted molar refractivity (Wildman–Crippen MR) is 111 cm³/mol. The van der Waals surface area contributed by atoms with Crippen molar-refractivity contribution in [2.75, 3.05) is 19.6 Å². The van der Waals surface area contributed by atoms with Crippen LogP contribution in [0.4, 0.5) is 8.78 Å². The molecule has 0 spiro atoms. The molecule has 0 bridgehead atoms. The van der Waals surface area contributed by atoms with Gasteiger partial charge in [-0.1, -0.05) is 6.92 Å². The van der Waals surface area contributed by atoms with Crippen LogP contribution in [0.1, 0.15) is 42.3 Å². The van der Waals surface area contributed by atoms with Gasteiger partial charge in [-0.3, -0.25) is 4.79 Å². The zero-order valence-corrected chi connectivity index (χ0v) is 17.3. The van der Waals surface area contributed by atoms with Crippen LogP contribution in [-0.2, 0) is 0 Å². The Morgan fingerprint density at radius 1 is 1.10 bits per heavy atom. The van der Waals surface area contributed by atoms with E-state index in [0.29, 0.717) is 12.1 Å². The Kier molecular flexibility index (Phi) is 6.15. The molecule has 1 aliphatic heterocycles. The second-order valence-corrected chi connectivity index (χ2v) is 8.76. The van der Waals surface area contributed by atoms with Crippen LogP contribution in [0.15, 0.2) is 36.4 Å². The highest BCUT2D eigenvalue weighted by Crippen LogP contribution is 2.36. The standard InChI is InChI=1S/C22H26F2N2O2S/c1-2-25-13-11-17(12-14-25)26(16-5-6-16)21(27)20-10-9-19(29-20)15-3-7-18(8-4-15)28-22(23)24/h3-4,7-10,16-17,22H,2,5-6,11-14H2,1H3. The predicted octanol–water partition coefficient (Wildman–Crippen LogP) is 5.11. The van der Waals surface area contributed by atoms with Gasteiger partial charge in [0.2, 0.25) is 0 Å². The van der Waals surface area contributed by atoms with Gasteiger partial charge in [0.05, 0.1) is 4.88 Å². The number of halogens is 2. The molecule has 0 radical (unpaired) electrons. The third-order valence-corrected chi connectivity index (χ3v) is 6.88. The van der Waals surface area contributed by atoms with E-state index in [2.05, 4.69) is 21.5 Å². The van der Waals surface area contributed by atoms with E-state index in [1.54, 1.807) is 12.1 Å². The first-order valence-corrected chi connectivity index (χ1v) is 11.1. The van der Waals surface area contributed by atoms with E-state index >= 15 is 0 Å². The quantitative estimate of drug-likeness (QED) is 0.624. The molecule has 1 saturated heterocycles. The number of rotatable bonds is 7. The Morgan fingerprint density at radius 3 is 2.34 bits per heavy atom. The number of hydrogen-bond donors (Lipinski definition) is 0. The van der Waals surface area contributed by atoms with Crippen LogP contribution in [-0.4, -0.2) is 54.0 Å². The maximum absolute atomic E-state index is 13.3. The van der Waals surface area contributed by atoms with Crippen molar-refractivity contribution in [1.29, 1.82) is 0 Å². The number of ether oxygens (including phenoxy) is 1. The normalized spacial score (nSPS) is 18.2. The van der Waals surface area contributed by atoms with Crippen molar-refractivity contribution in [2.24, 2.45) is 0 Å². The van der Waals surface area contributed by atoms with E-state index in [1.165, 1.54) is 23.5 Å². The van der Waals surface area contributed by atoms with E-state index in [-0.39, 0.29) is 11.7 Å². The van der Waals surface area contributed by atoms with E-state index in [0.717, 1.165) is 60.6 Å².